The first-order valence-corrected chi connectivity index (χ1v) is 7.72. The van der Waals surface area contributed by atoms with Gasteiger partial charge in [0.15, 0.2) is 0 Å². The average Bonchev–Trinajstić information content (AvgIpc) is 2.90. The maximum atomic E-state index is 12.6. The fourth-order valence-corrected chi connectivity index (χ4v) is 3.81. The van der Waals surface area contributed by atoms with Crippen LogP contribution < -0.4 is 10.6 Å². The summed E-state index contributed by atoms with van der Waals surface area (Å²) in [5.41, 5.74) is 8.63. The summed E-state index contributed by atoms with van der Waals surface area (Å²) in [6.45, 7) is 0. The molecule has 1 aliphatic rings. The zero-order chi connectivity index (χ0) is 14.1. The van der Waals surface area contributed by atoms with Crippen molar-refractivity contribution in [1.29, 1.82) is 0 Å². The Labute approximate surface area is 123 Å². The van der Waals surface area contributed by atoms with Gasteiger partial charge in [0.25, 0.3) is 5.91 Å². The first kappa shape index (κ1) is 13.2. The van der Waals surface area contributed by atoms with Crippen molar-refractivity contribution in [3.8, 4) is 0 Å². The van der Waals surface area contributed by atoms with Crippen molar-refractivity contribution in [2.75, 3.05) is 17.7 Å². The monoisotopic (exact) mass is 286 g/mol. The van der Waals surface area contributed by atoms with Crippen LogP contribution in [0, 0.1) is 0 Å². The largest absolute Gasteiger partial charge is 0.399 e. The number of fused-ring (bicyclic) bond motifs is 1. The average molecular weight is 286 g/mol. The van der Waals surface area contributed by atoms with Gasteiger partial charge in [0.05, 0.1) is 4.88 Å². The molecule has 1 heterocycles. The van der Waals surface area contributed by atoms with Crippen LogP contribution in [0.1, 0.15) is 33.0 Å². The summed E-state index contributed by atoms with van der Waals surface area (Å²) in [7, 11) is 1.81. The van der Waals surface area contributed by atoms with Gasteiger partial charge in [-0.15, -0.1) is 11.3 Å². The van der Waals surface area contributed by atoms with Crippen molar-refractivity contribution in [2.24, 2.45) is 0 Å². The van der Waals surface area contributed by atoms with Crippen LogP contribution in [0.3, 0.4) is 0 Å². The third-order valence-corrected chi connectivity index (χ3v) is 5.02. The van der Waals surface area contributed by atoms with Crippen LogP contribution in [0.4, 0.5) is 11.4 Å². The van der Waals surface area contributed by atoms with E-state index in [2.05, 4.69) is 6.07 Å². The molecular weight excluding hydrogens is 268 g/mol. The van der Waals surface area contributed by atoms with Gasteiger partial charge in [-0.05, 0) is 61.6 Å². The third-order valence-electron chi connectivity index (χ3n) is 3.79. The first-order valence-electron chi connectivity index (χ1n) is 6.90. The Hall–Kier alpha value is -1.81. The smallest absolute Gasteiger partial charge is 0.268 e. The summed E-state index contributed by atoms with van der Waals surface area (Å²) in [4.78, 5) is 16.5. The van der Waals surface area contributed by atoms with Gasteiger partial charge < -0.3 is 10.6 Å². The molecule has 2 aromatic rings. The summed E-state index contributed by atoms with van der Waals surface area (Å²) >= 11 is 1.65. The second-order valence-electron chi connectivity index (χ2n) is 5.22. The van der Waals surface area contributed by atoms with Gasteiger partial charge in [-0.1, -0.05) is 0 Å². The van der Waals surface area contributed by atoms with Gasteiger partial charge in [0, 0.05) is 23.3 Å². The van der Waals surface area contributed by atoms with Crippen LogP contribution in [0.5, 0.6) is 0 Å². The molecule has 4 heteroatoms. The van der Waals surface area contributed by atoms with Gasteiger partial charge in [0.2, 0.25) is 0 Å². The van der Waals surface area contributed by atoms with Crippen LogP contribution >= 0.6 is 11.3 Å². The molecule has 20 heavy (non-hydrogen) atoms. The molecule has 0 unspecified atom stereocenters. The number of carbonyl (C=O) groups is 1. The third kappa shape index (κ3) is 2.43. The molecule has 1 amide bonds. The highest BCUT2D eigenvalue weighted by Gasteiger charge is 2.20. The van der Waals surface area contributed by atoms with E-state index in [0.717, 1.165) is 23.4 Å². The van der Waals surface area contributed by atoms with E-state index in [4.69, 9.17) is 5.73 Å². The number of amides is 1. The number of rotatable bonds is 2. The van der Waals surface area contributed by atoms with Crippen molar-refractivity contribution in [1.82, 2.24) is 0 Å². The fraction of sp³-hybridized carbons (Fsp3) is 0.312. The molecule has 0 fully saturated rings. The minimum atomic E-state index is 0.0640. The Bertz CT molecular complexity index is 607. The maximum absolute atomic E-state index is 12.6. The SMILES string of the molecule is CN(C(=O)c1cc2c(s1)CCCC2)c1ccc(N)cc1. The molecule has 0 aliphatic heterocycles. The van der Waals surface area contributed by atoms with Crippen LogP contribution in [0.25, 0.3) is 0 Å². The second-order valence-corrected chi connectivity index (χ2v) is 6.36. The highest BCUT2D eigenvalue weighted by atomic mass is 32.1. The standard InChI is InChI=1S/C16H18N2OS/c1-18(13-8-6-12(17)7-9-13)16(19)15-10-11-4-2-3-5-14(11)20-15/h6-10H,2-5,17H2,1H3. The predicted molar refractivity (Wildman–Crippen MR) is 84.5 cm³/mol. The Morgan fingerprint density at radius 2 is 1.90 bits per heavy atom. The molecular formula is C16H18N2OS. The molecule has 1 aromatic carbocycles. The fourth-order valence-electron chi connectivity index (χ4n) is 2.58. The number of hydrogen-bond donors (Lipinski definition) is 1. The van der Waals surface area contributed by atoms with Gasteiger partial charge in [-0.3, -0.25) is 4.79 Å². The zero-order valence-electron chi connectivity index (χ0n) is 11.6. The molecule has 0 saturated heterocycles. The molecule has 0 bridgehead atoms. The van der Waals surface area contributed by atoms with Crippen molar-refractivity contribution < 1.29 is 4.79 Å². The number of hydrogen-bond acceptors (Lipinski definition) is 3. The van der Waals surface area contributed by atoms with Gasteiger partial charge in [0.1, 0.15) is 0 Å². The lowest BCUT2D eigenvalue weighted by molar-refractivity contribution is 0.0997. The van der Waals surface area contributed by atoms with E-state index in [-0.39, 0.29) is 5.91 Å². The van der Waals surface area contributed by atoms with E-state index in [1.165, 1.54) is 23.3 Å². The molecule has 3 rings (SSSR count). The van der Waals surface area contributed by atoms with E-state index in [9.17, 15) is 4.79 Å². The number of anilines is 2. The summed E-state index contributed by atoms with van der Waals surface area (Å²) < 4.78 is 0. The lowest BCUT2D eigenvalue weighted by Gasteiger charge is -2.16. The Morgan fingerprint density at radius 3 is 2.60 bits per heavy atom. The summed E-state index contributed by atoms with van der Waals surface area (Å²) in [6.07, 6.45) is 4.73. The van der Waals surface area contributed by atoms with E-state index in [0.29, 0.717) is 5.69 Å². The van der Waals surface area contributed by atoms with Crippen molar-refractivity contribution >= 4 is 28.6 Å². The predicted octanol–water partition coefficient (Wildman–Crippen LogP) is 3.49. The molecule has 0 spiro atoms. The lowest BCUT2D eigenvalue weighted by atomic mass is 9.99. The number of aryl methyl sites for hydroxylation is 2. The maximum Gasteiger partial charge on any atom is 0.268 e. The van der Waals surface area contributed by atoms with E-state index in [1.54, 1.807) is 16.2 Å². The number of nitrogens with zero attached hydrogens (tertiary/aromatic N) is 1. The highest BCUT2D eigenvalue weighted by Crippen LogP contribution is 2.31. The van der Waals surface area contributed by atoms with Crippen LogP contribution in [0.15, 0.2) is 30.3 Å². The van der Waals surface area contributed by atoms with Crippen LogP contribution in [-0.2, 0) is 12.8 Å². The van der Waals surface area contributed by atoms with Crippen molar-refractivity contribution in [2.45, 2.75) is 25.7 Å². The quantitative estimate of drug-likeness (QED) is 0.859. The Balaban J connectivity index is 1.84. The van der Waals surface area contributed by atoms with Crippen LogP contribution in [-0.4, -0.2) is 13.0 Å². The summed E-state index contributed by atoms with van der Waals surface area (Å²) in [6, 6.07) is 9.47. The highest BCUT2D eigenvalue weighted by molar-refractivity contribution is 7.14. The van der Waals surface area contributed by atoms with E-state index < -0.39 is 0 Å². The molecule has 3 nitrogen and oxygen atoms in total. The molecule has 2 N–H and O–H groups in total. The minimum absolute atomic E-state index is 0.0640. The number of benzene rings is 1. The molecule has 1 aromatic heterocycles. The lowest BCUT2D eigenvalue weighted by Crippen LogP contribution is -2.25. The summed E-state index contributed by atoms with van der Waals surface area (Å²) in [5.74, 6) is 0.0640. The Morgan fingerprint density at radius 1 is 1.20 bits per heavy atom. The molecule has 0 radical (unpaired) electrons. The number of carbonyl (C=O) groups excluding carboxylic acids is 1. The topological polar surface area (TPSA) is 46.3 Å². The van der Waals surface area contributed by atoms with Gasteiger partial charge in [-0.2, -0.15) is 0 Å². The van der Waals surface area contributed by atoms with Crippen molar-refractivity contribution in [3.05, 3.63) is 45.6 Å². The van der Waals surface area contributed by atoms with E-state index in [1.807, 2.05) is 31.3 Å². The van der Waals surface area contributed by atoms with Crippen LogP contribution in [0.2, 0.25) is 0 Å². The van der Waals surface area contributed by atoms with Gasteiger partial charge in [-0.25, -0.2) is 0 Å². The Kier molecular flexibility index (Phi) is 3.49. The summed E-state index contributed by atoms with van der Waals surface area (Å²) in [5, 5.41) is 0. The van der Waals surface area contributed by atoms with Gasteiger partial charge >= 0.3 is 0 Å². The van der Waals surface area contributed by atoms with Crippen molar-refractivity contribution in [3.63, 3.8) is 0 Å². The number of nitrogens with two attached hydrogens (primary N) is 1. The second kappa shape index (κ2) is 5.29. The number of nitrogen functional groups attached to an aromatic ring is 1. The molecule has 0 atom stereocenters. The normalized spacial score (nSPS) is 13.8. The molecule has 1 aliphatic carbocycles. The molecule has 104 valence electrons. The van der Waals surface area contributed by atoms with E-state index >= 15 is 0 Å². The first-order chi connectivity index (χ1) is 9.65. The molecule has 0 saturated carbocycles. The zero-order valence-corrected chi connectivity index (χ0v) is 12.4. The number of thiophene rings is 1. The minimum Gasteiger partial charge on any atom is -0.399 e.